The Morgan fingerprint density at radius 2 is 2.10 bits per heavy atom. The van der Waals surface area contributed by atoms with Crippen LogP contribution in [0.1, 0.15) is 41.6 Å². The van der Waals surface area contributed by atoms with Crippen molar-refractivity contribution in [3.8, 4) is 0 Å². The van der Waals surface area contributed by atoms with E-state index in [1.54, 1.807) is 19.1 Å². The van der Waals surface area contributed by atoms with E-state index >= 15 is 0 Å². The van der Waals surface area contributed by atoms with E-state index in [9.17, 15) is 9.59 Å². The number of carbonyl (C=O) groups is 2. The molecule has 1 amide bonds. The molecule has 0 heterocycles. The number of amides is 1. The minimum atomic E-state index is -0.960. The van der Waals surface area contributed by atoms with Crippen LogP contribution in [-0.2, 0) is 4.79 Å². The fourth-order valence-electron chi connectivity index (χ4n) is 2.69. The summed E-state index contributed by atoms with van der Waals surface area (Å²) >= 11 is 0. The Bertz CT molecular complexity index is 528. The van der Waals surface area contributed by atoms with Crippen LogP contribution in [0.2, 0.25) is 0 Å². The summed E-state index contributed by atoms with van der Waals surface area (Å²) in [5, 5.41) is 11.8. The zero-order valence-electron chi connectivity index (χ0n) is 11.6. The number of anilines is 1. The second kappa shape index (κ2) is 6.05. The van der Waals surface area contributed by atoms with E-state index in [0.717, 1.165) is 25.7 Å². The molecule has 1 aromatic carbocycles. The van der Waals surface area contributed by atoms with Gasteiger partial charge in [-0.2, -0.15) is 0 Å². The Balaban J connectivity index is 2.04. The first-order chi connectivity index (χ1) is 9.47. The Morgan fingerprint density at radius 3 is 2.70 bits per heavy atom. The van der Waals surface area contributed by atoms with Crippen molar-refractivity contribution in [2.45, 2.75) is 38.6 Å². The highest BCUT2D eigenvalue weighted by Gasteiger charge is 2.25. The lowest BCUT2D eigenvalue weighted by molar-refractivity contribution is -0.120. The molecule has 4 N–H and O–H groups in total. The molecule has 20 heavy (non-hydrogen) atoms. The van der Waals surface area contributed by atoms with Crippen molar-refractivity contribution in [1.29, 1.82) is 0 Å². The number of carboxylic acids is 1. The van der Waals surface area contributed by atoms with Gasteiger partial charge in [-0.05, 0) is 49.9 Å². The van der Waals surface area contributed by atoms with Crippen LogP contribution in [0.5, 0.6) is 0 Å². The van der Waals surface area contributed by atoms with Gasteiger partial charge in [-0.25, -0.2) is 4.79 Å². The Hall–Kier alpha value is -1.88. The predicted octanol–water partition coefficient (Wildman–Crippen LogP) is 2.15. The molecule has 108 valence electrons. The molecule has 5 nitrogen and oxygen atoms in total. The molecule has 1 aromatic rings. The zero-order valence-corrected chi connectivity index (χ0v) is 11.6. The van der Waals surface area contributed by atoms with Crippen LogP contribution in [0.4, 0.5) is 5.69 Å². The lowest BCUT2D eigenvalue weighted by atomic mass is 9.85. The van der Waals surface area contributed by atoms with E-state index < -0.39 is 5.97 Å². The molecule has 2 unspecified atom stereocenters. The van der Waals surface area contributed by atoms with Gasteiger partial charge < -0.3 is 16.2 Å². The average molecular weight is 276 g/mol. The van der Waals surface area contributed by atoms with Crippen LogP contribution in [0.25, 0.3) is 0 Å². The van der Waals surface area contributed by atoms with Gasteiger partial charge in [-0.1, -0.05) is 6.42 Å². The highest BCUT2D eigenvalue weighted by atomic mass is 16.4. The lowest BCUT2D eigenvalue weighted by Crippen LogP contribution is -2.34. The molecule has 1 fully saturated rings. The van der Waals surface area contributed by atoms with E-state index in [2.05, 4.69) is 5.32 Å². The van der Waals surface area contributed by atoms with Gasteiger partial charge in [-0.15, -0.1) is 0 Å². The second-order valence-electron chi connectivity index (χ2n) is 5.45. The average Bonchev–Trinajstić information content (AvgIpc) is 2.38. The third-order valence-corrected chi connectivity index (χ3v) is 3.81. The molecule has 1 aliphatic carbocycles. The van der Waals surface area contributed by atoms with Crippen LogP contribution < -0.4 is 11.1 Å². The summed E-state index contributed by atoms with van der Waals surface area (Å²) in [6.45, 7) is 1.72. The summed E-state index contributed by atoms with van der Waals surface area (Å²) in [7, 11) is 0. The van der Waals surface area contributed by atoms with E-state index in [1.807, 2.05) is 0 Å². The molecule has 5 heteroatoms. The minimum absolute atomic E-state index is 0.0253. The number of aromatic carboxylic acids is 1. The van der Waals surface area contributed by atoms with Gasteiger partial charge in [0.15, 0.2) is 0 Å². The number of nitrogens with two attached hydrogens (primary N) is 1. The van der Waals surface area contributed by atoms with Gasteiger partial charge in [0.05, 0.1) is 5.56 Å². The smallest absolute Gasteiger partial charge is 0.335 e. The largest absolute Gasteiger partial charge is 0.478 e. The number of hydrogen-bond donors (Lipinski definition) is 3. The van der Waals surface area contributed by atoms with E-state index in [1.165, 1.54) is 6.07 Å². The molecule has 0 radical (unpaired) electrons. The Kier molecular flexibility index (Phi) is 4.39. The number of carboxylic acid groups (broad SMARTS) is 1. The standard InChI is InChI=1S/C15H20N2O3/c1-9-7-12(5-6-13(9)15(19)20)17-14(18)10-3-2-4-11(16)8-10/h5-7,10-11H,2-4,8,16H2,1H3,(H,17,18)(H,19,20). The topological polar surface area (TPSA) is 92.4 Å². The Morgan fingerprint density at radius 1 is 1.35 bits per heavy atom. The van der Waals surface area contributed by atoms with Gasteiger partial charge in [0.1, 0.15) is 0 Å². The molecular weight excluding hydrogens is 256 g/mol. The first-order valence-corrected chi connectivity index (χ1v) is 6.87. The maximum absolute atomic E-state index is 12.2. The quantitative estimate of drug-likeness (QED) is 0.788. The van der Waals surface area contributed by atoms with Crippen molar-refractivity contribution in [3.05, 3.63) is 29.3 Å². The third kappa shape index (κ3) is 3.36. The van der Waals surface area contributed by atoms with Gasteiger partial charge in [-0.3, -0.25) is 4.79 Å². The van der Waals surface area contributed by atoms with Crippen LogP contribution >= 0.6 is 0 Å². The number of nitrogens with one attached hydrogen (secondary N) is 1. The molecule has 0 aliphatic heterocycles. The molecule has 1 saturated carbocycles. The number of hydrogen-bond acceptors (Lipinski definition) is 3. The van der Waals surface area contributed by atoms with E-state index in [0.29, 0.717) is 11.3 Å². The second-order valence-corrected chi connectivity index (χ2v) is 5.45. The molecule has 2 atom stereocenters. The third-order valence-electron chi connectivity index (χ3n) is 3.81. The maximum Gasteiger partial charge on any atom is 0.335 e. The summed E-state index contributed by atoms with van der Waals surface area (Å²) in [5.41, 5.74) is 7.41. The van der Waals surface area contributed by atoms with Crippen molar-refractivity contribution < 1.29 is 14.7 Å². The monoisotopic (exact) mass is 276 g/mol. The summed E-state index contributed by atoms with van der Waals surface area (Å²) in [5.74, 6) is -1.03. The Labute approximate surface area is 118 Å². The summed E-state index contributed by atoms with van der Waals surface area (Å²) in [6.07, 6.45) is 3.55. The number of rotatable bonds is 3. The van der Waals surface area contributed by atoms with Crippen molar-refractivity contribution >= 4 is 17.6 Å². The molecule has 2 rings (SSSR count). The van der Waals surface area contributed by atoms with Gasteiger partial charge in [0, 0.05) is 17.6 Å². The summed E-state index contributed by atoms with van der Waals surface area (Å²) < 4.78 is 0. The van der Waals surface area contributed by atoms with Crippen molar-refractivity contribution in [2.75, 3.05) is 5.32 Å². The normalized spacial score (nSPS) is 22.3. The van der Waals surface area contributed by atoms with Crippen LogP contribution in [0.3, 0.4) is 0 Å². The van der Waals surface area contributed by atoms with Crippen molar-refractivity contribution in [1.82, 2.24) is 0 Å². The molecule has 0 spiro atoms. The van der Waals surface area contributed by atoms with Crippen molar-refractivity contribution in [3.63, 3.8) is 0 Å². The summed E-state index contributed by atoms with van der Waals surface area (Å²) in [4.78, 5) is 23.1. The van der Waals surface area contributed by atoms with Crippen LogP contribution in [-0.4, -0.2) is 23.0 Å². The summed E-state index contributed by atoms with van der Waals surface area (Å²) in [6, 6.07) is 4.93. The molecule has 0 saturated heterocycles. The first kappa shape index (κ1) is 14.5. The fraction of sp³-hybridized carbons (Fsp3) is 0.467. The maximum atomic E-state index is 12.2. The highest BCUT2D eigenvalue weighted by molar-refractivity contribution is 5.94. The minimum Gasteiger partial charge on any atom is -0.478 e. The SMILES string of the molecule is Cc1cc(NC(=O)C2CCCC(N)C2)ccc1C(=O)O. The first-order valence-electron chi connectivity index (χ1n) is 6.87. The predicted molar refractivity (Wildman–Crippen MR) is 76.7 cm³/mol. The molecular formula is C15H20N2O3. The van der Waals surface area contributed by atoms with Gasteiger partial charge in [0.2, 0.25) is 5.91 Å². The lowest BCUT2D eigenvalue weighted by Gasteiger charge is -2.25. The van der Waals surface area contributed by atoms with E-state index in [4.69, 9.17) is 10.8 Å². The van der Waals surface area contributed by atoms with Gasteiger partial charge in [0.25, 0.3) is 0 Å². The molecule has 0 aromatic heterocycles. The molecule has 1 aliphatic rings. The number of benzene rings is 1. The fourth-order valence-corrected chi connectivity index (χ4v) is 2.69. The molecule has 0 bridgehead atoms. The van der Waals surface area contributed by atoms with Gasteiger partial charge >= 0.3 is 5.97 Å². The van der Waals surface area contributed by atoms with Crippen LogP contribution in [0.15, 0.2) is 18.2 Å². The zero-order chi connectivity index (χ0) is 14.7. The highest BCUT2D eigenvalue weighted by Crippen LogP contribution is 2.25. The van der Waals surface area contributed by atoms with E-state index in [-0.39, 0.29) is 23.4 Å². The number of carbonyl (C=O) groups excluding carboxylic acids is 1. The van der Waals surface area contributed by atoms with Crippen molar-refractivity contribution in [2.24, 2.45) is 11.7 Å². The van der Waals surface area contributed by atoms with Crippen LogP contribution in [0, 0.1) is 12.8 Å². The number of aryl methyl sites for hydroxylation is 1.